The topological polar surface area (TPSA) is 57.3 Å². The minimum Gasteiger partial charge on any atom is -0.486 e. The van der Waals surface area contributed by atoms with Crippen LogP contribution in [0.4, 0.5) is 13.2 Å². The van der Waals surface area contributed by atoms with Gasteiger partial charge in [-0.2, -0.15) is 18.3 Å². The molecule has 0 unspecified atom stereocenters. The number of ketones is 1. The molecule has 0 fully saturated rings. The van der Waals surface area contributed by atoms with E-state index in [9.17, 15) is 18.0 Å². The number of hydrogen-bond donors (Lipinski definition) is 0. The normalized spacial score (nSPS) is 11.9. The monoisotopic (exact) mass is 390 g/mol. The number of ether oxygens (including phenoxy) is 1. The number of halogens is 3. The summed E-state index contributed by atoms with van der Waals surface area (Å²) >= 11 is 0. The van der Waals surface area contributed by atoms with Gasteiger partial charge in [0.2, 0.25) is 0 Å². The van der Waals surface area contributed by atoms with E-state index in [1.807, 2.05) is 0 Å². The highest BCUT2D eigenvalue weighted by molar-refractivity contribution is 6.07. The molecule has 0 aliphatic rings. The highest BCUT2D eigenvalue weighted by Gasteiger charge is 2.30. The van der Waals surface area contributed by atoms with Crippen molar-refractivity contribution in [2.45, 2.75) is 19.7 Å². The molecule has 0 saturated carbocycles. The summed E-state index contributed by atoms with van der Waals surface area (Å²) in [6.07, 6.45) is 0.0997. The molecule has 5 nitrogen and oxygen atoms in total. The number of rotatable bonds is 6. The molecule has 0 N–H and O–H groups in total. The van der Waals surface area contributed by atoms with Crippen molar-refractivity contribution in [1.82, 2.24) is 9.78 Å². The van der Waals surface area contributed by atoms with Crippen LogP contribution >= 0.6 is 0 Å². The van der Waals surface area contributed by atoms with Gasteiger partial charge in [-0.15, -0.1) is 0 Å². The minimum absolute atomic E-state index is 0.0369. The number of allylic oxidation sites excluding steroid dienone is 1. The van der Waals surface area contributed by atoms with Gasteiger partial charge in [-0.05, 0) is 49.4 Å². The van der Waals surface area contributed by atoms with Crippen LogP contribution < -0.4 is 4.74 Å². The minimum atomic E-state index is -4.43. The fraction of sp³-hybridized carbons (Fsp3) is 0.200. The third kappa shape index (κ3) is 4.70. The molecule has 0 atom stereocenters. The van der Waals surface area contributed by atoms with Crippen LogP contribution in [0.5, 0.6) is 5.75 Å². The maximum atomic E-state index is 12.7. The summed E-state index contributed by atoms with van der Waals surface area (Å²) in [5.41, 5.74) is 0.349. The van der Waals surface area contributed by atoms with Gasteiger partial charge in [-0.1, -0.05) is 6.07 Å². The molecule has 8 heteroatoms. The number of aromatic nitrogens is 2. The van der Waals surface area contributed by atoms with E-state index in [1.165, 1.54) is 24.3 Å². The van der Waals surface area contributed by atoms with Crippen molar-refractivity contribution in [1.29, 1.82) is 0 Å². The van der Waals surface area contributed by atoms with E-state index in [0.29, 0.717) is 22.8 Å². The van der Waals surface area contributed by atoms with Crippen molar-refractivity contribution in [3.63, 3.8) is 0 Å². The second-order valence-electron chi connectivity index (χ2n) is 6.12. The largest absolute Gasteiger partial charge is 0.486 e. The Hall–Kier alpha value is -3.29. The summed E-state index contributed by atoms with van der Waals surface area (Å²) in [5, 5.41) is 4.12. The number of alkyl halides is 3. The number of hydrogen-bond acceptors (Lipinski definition) is 4. The van der Waals surface area contributed by atoms with E-state index < -0.39 is 11.7 Å². The van der Waals surface area contributed by atoms with Gasteiger partial charge >= 0.3 is 6.18 Å². The highest BCUT2D eigenvalue weighted by atomic mass is 19.4. The Balaban J connectivity index is 1.62. The van der Waals surface area contributed by atoms with Crippen molar-refractivity contribution in [3.8, 4) is 5.75 Å². The first-order valence-corrected chi connectivity index (χ1v) is 8.34. The third-order valence-electron chi connectivity index (χ3n) is 3.90. The van der Waals surface area contributed by atoms with Gasteiger partial charge < -0.3 is 9.15 Å². The standard InChI is InChI=1S/C20H17F3N2O3/c1-13-18(11-25(2)24-13)19(26)9-8-15-6-7-17(28-15)12-27-16-5-3-4-14(10-16)20(21,22)23/h3-11H,12H2,1-2H3/b9-8+. The molecule has 0 radical (unpaired) electrons. The predicted octanol–water partition coefficient (Wildman–Crippen LogP) is 4.82. The summed E-state index contributed by atoms with van der Waals surface area (Å²) in [6.45, 7) is 1.71. The van der Waals surface area contributed by atoms with Gasteiger partial charge in [0.15, 0.2) is 5.78 Å². The zero-order valence-electron chi connectivity index (χ0n) is 15.2. The Labute approximate surface area is 159 Å². The fourth-order valence-corrected chi connectivity index (χ4v) is 2.57. The molecule has 0 saturated heterocycles. The first kappa shape index (κ1) is 19.5. The SMILES string of the molecule is Cc1nn(C)cc1C(=O)/C=C/c1ccc(COc2cccc(C(F)(F)F)c2)o1. The zero-order valence-corrected chi connectivity index (χ0v) is 15.2. The van der Waals surface area contributed by atoms with Crippen molar-refractivity contribution in [3.05, 3.63) is 77.0 Å². The van der Waals surface area contributed by atoms with Crippen molar-refractivity contribution >= 4 is 11.9 Å². The van der Waals surface area contributed by atoms with Crippen LogP contribution in [0.3, 0.4) is 0 Å². The molecular weight excluding hydrogens is 373 g/mol. The Morgan fingerprint density at radius 3 is 2.75 bits per heavy atom. The zero-order chi connectivity index (χ0) is 20.3. The van der Waals surface area contributed by atoms with Gasteiger partial charge in [0.05, 0.1) is 16.8 Å². The van der Waals surface area contributed by atoms with E-state index in [-0.39, 0.29) is 18.1 Å². The van der Waals surface area contributed by atoms with Gasteiger partial charge in [0, 0.05) is 13.2 Å². The number of aryl methyl sites for hydroxylation is 2. The summed E-state index contributed by atoms with van der Waals surface area (Å²) in [5.74, 6) is 0.730. The molecular formula is C20H17F3N2O3. The fourth-order valence-electron chi connectivity index (χ4n) is 2.57. The number of carbonyl (C=O) groups is 1. The Morgan fingerprint density at radius 2 is 2.07 bits per heavy atom. The Bertz CT molecular complexity index is 1020. The Kier molecular flexibility index (Phi) is 5.39. The van der Waals surface area contributed by atoms with Crippen LogP contribution in [0.2, 0.25) is 0 Å². The van der Waals surface area contributed by atoms with Gasteiger partial charge in [-0.3, -0.25) is 9.48 Å². The van der Waals surface area contributed by atoms with Crippen molar-refractivity contribution in [2.75, 3.05) is 0 Å². The van der Waals surface area contributed by atoms with Gasteiger partial charge in [0.1, 0.15) is 23.9 Å². The highest BCUT2D eigenvalue weighted by Crippen LogP contribution is 2.31. The van der Waals surface area contributed by atoms with Crippen LogP contribution in [0.1, 0.15) is 33.1 Å². The molecule has 2 aromatic heterocycles. The lowest BCUT2D eigenvalue weighted by Crippen LogP contribution is -2.05. The van der Waals surface area contributed by atoms with Crippen molar-refractivity contribution < 1.29 is 27.1 Å². The number of carbonyl (C=O) groups excluding carboxylic acids is 1. The van der Waals surface area contributed by atoms with Crippen LogP contribution in [0.25, 0.3) is 6.08 Å². The summed E-state index contributed by atoms with van der Waals surface area (Å²) < 4.78 is 50.6. The molecule has 0 aliphatic heterocycles. The molecule has 0 amide bonds. The maximum Gasteiger partial charge on any atom is 0.416 e. The predicted molar refractivity (Wildman–Crippen MR) is 95.8 cm³/mol. The second kappa shape index (κ2) is 7.75. The molecule has 2 heterocycles. The van der Waals surface area contributed by atoms with Crippen LogP contribution in [-0.2, 0) is 19.8 Å². The molecule has 0 aliphatic carbocycles. The summed E-state index contributed by atoms with van der Waals surface area (Å²) in [4.78, 5) is 12.2. The second-order valence-corrected chi connectivity index (χ2v) is 6.12. The quantitative estimate of drug-likeness (QED) is 0.448. The lowest BCUT2D eigenvalue weighted by molar-refractivity contribution is -0.137. The molecule has 3 aromatic rings. The lowest BCUT2D eigenvalue weighted by atomic mass is 10.1. The van der Waals surface area contributed by atoms with E-state index >= 15 is 0 Å². The van der Waals surface area contributed by atoms with E-state index in [1.54, 1.807) is 37.0 Å². The van der Waals surface area contributed by atoms with E-state index in [2.05, 4.69) is 5.10 Å². The van der Waals surface area contributed by atoms with Crippen molar-refractivity contribution in [2.24, 2.45) is 7.05 Å². The average Bonchev–Trinajstić information content (AvgIpc) is 3.23. The number of nitrogens with zero attached hydrogens (tertiary/aromatic N) is 2. The number of benzene rings is 1. The van der Waals surface area contributed by atoms with Crippen LogP contribution in [0.15, 0.2) is 53.1 Å². The first-order chi connectivity index (χ1) is 13.2. The molecule has 0 bridgehead atoms. The third-order valence-corrected chi connectivity index (χ3v) is 3.90. The molecule has 1 aromatic carbocycles. The summed E-state index contributed by atoms with van der Waals surface area (Å²) in [7, 11) is 1.73. The Morgan fingerprint density at radius 1 is 1.29 bits per heavy atom. The average molecular weight is 390 g/mol. The smallest absolute Gasteiger partial charge is 0.416 e. The van der Waals surface area contributed by atoms with E-state index in [4.69, 9.17) is 9.15 Å². The molecule has 3 rings (SSSR count). The molecule has 28 heavy (non-hydrogen) atoms. The first-order valence-electron chi connectivity index (χ1n) is 8.34. The van der Waals surface area contributed by atoms with Crippen LogP contribution in [0, 0.1) is 6.92 Å². The van der Waals surface area contributed by atoms with Gasteiger partial charge in [0.25, 0.3) is 0 Å². The van der Waals surface area contributed by atoms with Gasteiger partial charge in [-0.25, -0.2) is 0 Å². The van der Waals surface area contributed by atoms with Crippen LogP contribution in [-0.4, -0.2) is 15.6 Å². The van der Waals surface area contributed by atoms with E-state index in [0.717, 1.165) is 12.1 Å². The maximum absolute atomic E-state index is 12.7. The molecule has 146 valence electrons. The molecule has 0 spiro atoms. The number of furan rings is 1. The lowest BCUT2D eigenvalue weighted by Gasteiger charge is -2.09. The summed E-state index contributed by atoms with van der Waals surface area (Å²) in [6, 6.07) is 7.90.